The molecule has 2 aromatic carbocycles. The zero-order valence-corrected chi connectivity index (χ0v) is 21.0. The first-order chi connectivity index (χ1) is 17.7. The number of aryl methyl sites for hydroxylation is 1. The Bertz CT molecular complexity index is 1390. The predicted molar refractivity (Wildman–Crippen MR) is 132 cm³/mol. The van der Waals surface area contributed by atoms with Gasteiger partial charge in [0, 0.05) is 36.5 Å². The molecule has 0 saturated carbocycles. The van der Waals surface area contributed by atoms with Crippen LogP contribution in [0.2, 0.25) is 0 Å². The normalized spacial score (nSPS) is 24.3. The average Bonchev–Trinajstić information content (AvgIpc) is 3.23. The molecule has 3 aromatic rings. The van der Waals surface area contributed by atoms with E-state index in [1.54, 1.807) is 25.1 Å². The van der Waals surface area contributed by atoms with Gasteiger partial charge < -0.3 is 28.1 Å². The number of carbonyl (C=O) groups excluding carboxylic acids is 2. The van der Waals surface area contributed by atoms with Gasteiger partial charge in [-0.05, 0) is 44.5 Å². The maximum atomic E-state index is 12.7. The first-order valence-corrected chi connectivity index (χ1v) is 12.0. The summed E-state index contributed by atoms with van der Waals surface area (Å²) < 4.78 is 34.1. The molecule has 1 aromatic heterocycles. The maximum absolute atomic E-state index is 12.7. The summed E-state index contributed by atoms with van der Waals surface area (Å²) in [5.74, 6) is 0.311. The van der Waals surface area contributed by atoms with Crippen LogP contribution < -0.4 is 10.4 Å². The van der Waals surface area contributed by atoms with Crippen molar-refractivity contribution in [3.05, 3.63) is 75.6 Å². The second-order valence-electron chi connectivity index (χ2n) is 9.82. The molecule has 2 saturated heterocycles. The van der Waals surface area contributed by atoms with Gasteiger partial charge in [0.05, 0.1) is 5.60 Å². The van der Waals surface area contributed by atoms with Crippen LogP contribution in [0, 0.1) is 6.92 Å². The van der Waals surface area contributed by atoms with Crippen molar-refractivity contribution in [1.82, 2.24) is 0 Å². The van der Waals surface area contributed by atoms with Crippen molar-refractivity contribution in [3.8, 4) is 5.75 Å². The van der Waals surface area contributed by atoms with Crippen LogP contribution in [0.5, 0.6) is 5.75 Å². The van der Waals surface area contributed by atoms with E-state index in [9.17, 15) is 14.4 Å². The van der Waals surface area contributed by atoms with Gasteiger partial charge in [0.2, 0.25) is 12.4 Å². The number of hydrogen-bond donors (Lipinski definition) is 0. The Labute approximate surface area is 213 Å². The molecule has 0 N–H and O–H groups in total. The third kappa shape index (κ3) is 4.84. The van der Waals surface area contributed by atoms with Crippen molar-refractivity contribution in [2.45, 2.75) is 63.8 Å². The molecule has 2 aliphatic rings. The van der Waals surface area contributed by atoms with Crippen molar-refractivity contribution < 1.29 is 37.7 Å². The van der Waals surface area contributed by atoms with E-state index in [1.165, 1.54) is 7.11 Å². The van der Waals surface area contributed by atoms with Gasteiger partial charge in [-0.2, -0.15) is 0 Å². The van der Waals surface area contributed by atoms with E-state index in [2.05, 4.69) is 0 Å². The third-order valence-corrected chi connectivity index (χ3v) is 6.76. The highest BCUT2D eigenvalue weighted by molar-refractivity contribution is 5.86. The van der Waals surface area contributed by atoms with Crippen molar-refractivity contribution in [3.63, 3.8) is 0 Å². The quantitative estimate of drug-likeness (QED) is 0.347. The highest BCUT2D eigenvalue weighted by Crippen LogP contribution is 2.39. The minimum atomic E-state index is -0.976. The Morgan fingerprint density at radius 1 is 1.00 bits per heavy atom. The van der Waals surface area contributed by atoms with Crippen LogP contribution in [-0.4, -0.2) is 49.3 Å². The molecule has 4 atom stereocenters. The van der Waals surface area contributed by atoms with Crippen molar-refractivity contribution >= 4 is 22.9 Å². The molecule has 9 nitrogen and oxygen atoms in total. The minimum absolute atomic E-state index is 0.0232. The van der Waals surface area contributed by atoms with Gasteiger partial charge in [-0.25, -0.2) is 9.59 Å². The molecule has 5 rings (SSSR count). The molecule has 37 heavy (non-hydrogen) atoms. The molecule has 0 radical (unpaired) electrons. The van der Waals surface area contributed by atoms with Crippen LogP contribution in [-0.2, 0) is 36.6 Å². The van der Waals surface area contributed by atoms with Crippen LogP contribution in [0.1, 0.15) is 30.5 Å². The largest absolute Gasteiger partial charge is 0.509 e. The molecule has 0 bridgehead atoms. The van der Waals surface area contributed by atoms with Crippen LogP contribution in [0.15, 0.2) is 57.7 Å². The zero-order chi connectivity index (χ0) is 26.3. The van der Waals surface area contributed by atoms with E-state index in [0.717, 1.165) is 5.56 Å². The van der Waals surface area contributed by atoms with E-state index in [1.807, 2.05) is 44.2 Å². The molecule has 0 spiro atoms. The number of methoxy groups -OCH3 is 1. The van der Waals surface area contributed by atoms with Crippen LogP contribution in [0.3, 0.4) is 0 Å². The smallest absolute Gasteiger partial charge is 0.460 e. The number of fused-ring (bicyclic) bond motifs is 2. The van der Waals surface area contributed by atoms with Gasteiger partial charge >= 0.3 is 11.8 Å². The number of hydrogen-bond acceptors (Lipinski definition) is 9. The van der Waals surface area contributed by atoms with Gasteiger partial charge in [-0.1, -0.05) is 30.3 Å². The Kier molecular flexibility index (Phi) is 6.51. The van der Waals surface area contributed by atoms with Crippen molar-refractivity contribution in [1.29, 1.82) is 0 Å². The highest BCUT2D eigenvalue weighted by atomic mass is 16.8. The van der Waals surface area contributed by atoms with Gasteiger partial charge in [-0.15, -0.1) is 0 Å². The third-order valence-electron chi connectivity index (χ3n) is 6.76. The predicted octanol–water partition coefficient (Wildman–Crippen LogP) is 3.89. The summed E-state index contributed by atoms with van der Waals surface area (Å²) in [6.45, 7) is 5.38. The lowest BCUT2D eigenvalue weighted by Gasteiger charge is -2.45. The van der Waals surface area contributed by atoms with Gasteiger partial charge in [0.1, 0.15) is 23.2 Å². The second-order valence-corrected chi connectivity index (χ2v) is 9.82. The fourth-order valence-electron chi connectivity index (χ4n) is 4.99. The van der Waals surface area contributed by atoms with E-state index in [0.29, 0.717) is 27.8 Å². The molecule has 0 amide bonds. The molecule has 3 heterocycles. The summed E-state index contributed by atoms with van der Waals surface area (Å²) in [6, 6.07) is 14.5. The van der Waals surface area contributed by atoms with Crippen LogP contribution in [0.4, 0.5) is 4.79 Å². The number of benzene rings is 2. The van der Waals surface area contributed by atoms with Crippen molar-refractivity contribution in [2.24, 2.45) is 0 Å². The molecule has 9 heteroatoms. The Balaban J connectivity index is 1.38. The van der Waals surface area contributed by atoms with Gasteiger partial charge in [0.25, 0.3) is 0 Å². The molecular weight excluding hydrogens is 480 g/mol. The average molecular weight is 509 g/mol. The summed E-state index contributed by atoms with van der Waals surface area (Å²) in [5.41, 5.74) is 0.665. The first kappa shape index (κ1) is 25.0. The minimum Gasteiger partial charge on any atom is -0.460 e. The fraction of sp³-hybridized carbons (Fsp3) is 0.393. The molecule has 194 valence electrons. The molecule has 2 aliphatic heterocycles. The highest BCUT2D eigenvalue weighted by Gasteiger charge is 2.59. The topological polar surface area (TPSA) is 110 Å². The SMILES string of the molecule is CO[C@@H]1[C@H]2OC(=O)O[C@H]2[C@H](Oc2ccc3cc(CC(=O)Cc4ccccc4)c(=O)oc3c2C)OC1(C)C. The molecule has 2 fully saturated rings. The monoisotopic (exact) mass is 508 g/mol. The lowest BCUT2D eigenvalue weighted by atomic mass is 9.89. The molecule has 0 unspecified atom stereocenters. The maximum Gasteiger partial charge on any atom is 0.509 e. The summed E-state index contributed by atoms with van der Waals surface area (Å²) in [6.07, 6.45) is -3.68. The Morgan fingerprint density at radius 3 is 2.46 bits per heavy atom. The van der Waals surface area contributed by atoms with Crippen LogP contribution in [0.25, 0.3) is 11.0 Å². The van der Waals surface area contributed by atoms with E-state index >= 15 is 0 Å². The van der Waals surface area contributed by atoms with Crippen molar-refractivity contribution in [2.75, 3.05) is 7.11 Å². The summed E-state index contributed by atoms with van der Waals surface area (Å²) in [7, 11) is 1.51. The fourth-order valence-corrected chi connectivity index (χ4v) is 4.99. The van der Waals surface area contributed by atoms with Crippen LogP contribution >= 0.6 is 0 Å². The number of ether oxygens (including phenoxy) is 5. The Morgan fingerprint density at radius 2 is 1.73 bits per heavy atom. The number of carbonyl (C=O) groups is 2. The Hall–Kier alpha value is -3.69. The molecule has 0 aliphatic carbocycles. The number of ketones is 1. The standard InChI is InChI=1S/C28H28O9/c1-15-20(33-26-23-22(35-27(31)36-23)24(32-4)28(2,3)37-26)11-10-17-13-18(25(30)34-21(15)17)14-19(29)12-16-8-6-5-7-9-16/h5-11,13,22-24,26H,12,14H2,1-4H3/t22-,23+,24+,26+/m0/s1. The summed E-state index contributed by atoms with van der Waals surface area (Å²) in [5, 5.41) is 0.657. The second kappa shape index (κ2) is 9.64. The number of rotatable bonds is 7. The summed E-state index contributed by atoms with van der Waals surface area (Å²) in [4.78, 5) is 37.2. The van der Waals surface area contributed by atoms with Gasteiger partial charge in [0.15, 0.2) is 6.10 Å². The summed E-state index contributed by atoms with van der Waals surface area (Å²) >= 11 is 0. The van der Waals surface area contributed by atoms with Gasteiger partial charge in [-0.3, -0.25) is 4.79 Å². The van der Waals surface area contributed by atoms with E-state index in [-0.39, 0.29) is 18.6 Å². The van der Waals surface area contributed by atoms with E-state index < -0.39 is 42.0 Å². The number of Topliss-reactive ketones (excluding diaryl/α,β-unsaturated/α-hetero) is 1. The first-order valence-electron chi connectivity index (χ1n) is 12.0. The zero-order valence-electron chi connectivity index (χ0n) is 21.0. The van der Waals surface area contributed by atoms with E-state index in [4.69, 9.17) is 28.1 Å². The lowest BCUT2D eigenvalue weighted by molar-refractivity contribution is -0.282. The molecular formula is C28H28O9. The lowest BCUT2D eigenvalue weighted by Crippen LogP contribution is -2.62.